The van der Waals surface area contributed by atoms with Gasteiger partial charge in [0.15, 0.2) is 0 Å². The predicted molar refractivity (Wildman–Crippen MR) is 57.1 cm³/mol. The van der Waals surface area contributed by atoms with Crippen molar-refractivity contribution in [3.8, 4) is 0 Å². The highest BCUT2D eigenvalue weighted by atomic mass is 127. The number of amides is 1. The molecule has 0 bridgehead atoms. The van der Waals surface area contributed by atoms with Gasteiger partial charge < -0.3 is 5.73 Å². The van der Waals surface area contributed by atoms with Crippen LogP contribution >= 0.6 is 22.6 Å². The van der Waals surface area contributed by atoms with Gasteiger partial charge in [-0.15, -0.1) is 0 Å². The van der Waals surface area contributed by atoms with Gasteiger partial charge in [-0.25, -0.2) is 13.8 Å². The number of aromatic nitrogens is 1. The van der Waals surface area contributed by atoms with Crippen LogP contribution in [0.25, 0.3) is 0 Å². The van der Waals surface area contributed by atoms with E-state index >= 15 is 0 Å². The number of nitrogens with zero attached hydrogens (tertiary/aromatic N) is 2. The normalized spacial score (nSPS) is 10.5. The van der Waals surface area contributed by atoms with Gasteiger partial charge in [0.1, 0.15) is 15.0 Å². The van der Waals surface area contributed by atoms with Crippen molar-refractivity contribution in [1.29, 1.82) is 0 Å². The summed E-state index contributed by atoms with van der Waals surface area (Å²) in [6.45, 7) is 0. The number of rotatable bonds is 3. The molecule has 0 radical (unpaired) electrons. The largest absolute Gasteiger partial charge is 0.365 e. The molecule has 0 aliphatic heterocycles. The Bertz CT molecular complexity index is 466. The van der Waals surface area contributed by atoms with Gasteiger partial charge in [0.05, 0.1) is 4.92 Å². The third-order valence-corrected chi connectivity index (χ3v) is 2.42. The van der Waals surface area contributed by atoms with Crippen molar-refractivity contribution in [2.24, 2.45) is 5.73 Å². The summed E-state index contributed by atoms with van der Waals surface area (Å²) in [5, 5.41) is 10.6. The topological polar surface area (TPSA) is 99.1 Å². The Balaban J connectivity index is 3.52. The fraction of sp³-hybridized carbons (Fsp3) is 0.143. The van der Waals surface area contributed by atoms with E-state index in [1.807, 2.05) is 0 Å². The molecule has 1 aromatic rings. The molecule has 0 aliphatic rings. The lowest BCUT2D eigenvalue weighted by Crippen LogP contribution is -2.17. The van der Waals surface area contributed by atoms with Gasteiger partial charge in [-0.05, 0) is 22.6 Å². The molecule has 1 rings (SSSR count). The van der Waals surface area contributed by atoms with Crippen LogP contribution in [0.15, 0.2) is 6.07 Å². The molecule has 0 saturated heterocycles. The van der Waals surface area contributed by atoms with Crippen LogP contribution < -0.4 is 5.73 Å². The number of nitro groups is 1. The maximum atomic E-state index is 12.3. The van der Waals surface area contributed by atoms with E-state index in [9.17, 15) is 23.7 Å². The maximum absolute atomic E-state index is 12.3. The molecule has 6 nitrogen and oxygen atoms in total. The monoisotopic (exact) mass is 343 g/mol. The van der Waals surface area contributed by atoms with Crippen LogP contribution in [-0.2, 0) is 0 Å². The molecular formula is C7H4F2IN3O3. The Morgan fingerprint density at radius 3 is 2.56 bits per heavy atom. The first-order valence-electron chi connectivity index (χ1n) is 3.77. The Morgan fingerprint density at radius 1 is 1.62 bits per heavy atom. The summed E-state index contributed by atoms with van der Waals surface area (Å²) in [5.41, 5.74) is 2.92. The van der Waals surface area contributed by atoms with Gasteiger partial charge in [0.25, 0.3) is 18.0 Å². The number of halogens is 3. The molecule has 86 valence electrons. The fourth-order valence-corrected chi connectivity index (χ4v) is 1.82. The molecule has 0 atom stereocenters. The van der Waals surface area contributed by atoms with E-state index in [2.05, 4.69) is 4.98 Å². The minimum Gasteiger partial charge on any atom is -0.365 e. The number of nitrogens with two attached hydrogens (primary N) is 1. The lowest BCUT2D eigenvalue weighted by Gasteiger charge is -2.04. The minimum atomic E-state index is -2.95. The second-order valence-electron chi connectivity index (χ2n) is 2.65. The van der Waals surface area contributed by atoms with Gasteiger partial charge >= 0.3 is 0 Å². The molecule has 1 aromatic heterocycles. The predicted octanol–water partition coefficient (Wildman–Crippen LogP) is 1.63. The molecule has 0 spiro atoms. The van der Waals surface area contributed by atoms with Gasteiger partial charge in [-0.3, -0.25) is 14.9 Å². The van der Waals surface area contributed by atoms with Gasteiger partial charge in [-0.2, -0.15) is 0 Å². The van der Waals surface area contributed by atoms with Crippen molar-refractivity contribution < 1.29 is 18.5 Å². The molecule has 1 heterocycles. The number of hydrogen-bond donors (Lipinski definition) is 1. The number of primary amides is 1. The number of carbonyl (C=O) groups is 1. The molecular weight excluding hydrogens is 339 g/mol. The Labute approximate surface area is 101 Å². The molecule has 16 heavy (non-hydrogen) atoms. The number of pyridine rings is 1. The first-order valence-corrected chi connectivity index (χ1v) is 4.85. The average molecular weight is 343 g/mol. The molecule has 0 unspecified atom stereocenters. The number of hydrogen-bond acceptors (Lipinski definition) is 4. The summed E-state index contributed by atoms with van der Waals surface area (Å²) in [6, 6.07) is 0.549. The SMILES string of the molecule is NC(=O)c1c([N+](=O)[O-])cc(C(F)F)nc1I. The zero-order valence-corrected chi connectivity index (χ0v) is 9.64. The van der Waals surface area contributed by atoms with Crippen LogP contribution in [0.5, 0.6) is 0 Å². The lowest BCUT2D eigenvalue weighted by molar-refractivity contribution is -0.385. The molecule has 0 saturated carbocycles. The van der Waals surface area contributed by atoms with Crippen LogP contribution in [0.1, 0.15) is 22.5 Å². The van der Waals surface area contributed by atoms with Crippen molar-refractivity contribution in [2.75, 3.05) is 0 Å². The van der Waals surface area contributed by atoms with E-state index < -0.39 is 34.2 Å². The highest BCUT2D eigenvalue weighted by Gasteiger charge is 2.26. The third-order valence-electron chi connectivity index (χ3n) is 1.64. The van der Waals surface area contributed by atoms with Crippen LogP contribution in [0, 0.1) is 13.8 Å². The van der Waals surface area contributed by atoms with E-state index in [0.717, 1.165) is 0 Å². The summed E-state index contributed by atoms with van der Waals surface area (Å²) in [5.74, 6) is -1.08. The molecule has 0 fully saturated rings. The summed E-state index contributed by atoms with van der Waals surface area (Å²) in [7, 11) is 0. The van der Waals surface area contributed by atoms with Crippen LogP contribution in [0.4, 0.5) is 14.5 Å². The Morgan fingerprint density at radius 2 is 2.19 bits per heavy atom. The van der Waals surface area contributed by atoms with E-state index in [0.29, 0.717) is 6.07 Å². The highest BCUT2D eigenvalue weighted by molar-refractivity contribution is 14.1. The fourth-order valence-electron chi connectivity index (χ4n) is 1.00. The minimum absolute atomic E-state index is 0.213. The van der Waals surface area contributed by atoms with E-state index in [-0.39, 0.29) is 3.70 Å². The van der Waals surface area contributed by atoms with E-state index in [1.54, 1.807) is 0 Å². The average Bonchev–Trinajstić information content (AvgIpc) is 2.15. The zero-order chi connectivity index (χ0) is 12.5. The first kappa shape index (κ1) is 12.7. The van der Waals surface area contributed by atoms with Gasteiger partial charge in [0.2, 0.25) is 0 Å². The van der Waals surface area contributed by atoms with Crippen LogP contribution in [0.2, 0.25) is 0 Å². The molecule has 2 N–H and O–H groups in total. The van der Waals surface area contributed by atoms with Crippen molar-refractivity contribution in [2.45, 2.75) is 6.43 Å². The van der Waals surface area contributed by atoms with E-state index in [1.165, 1.54) is 22.6 Å². The van der Waals surface area contributed by atoms with Crippen LogP contribution in [0.3, 0.4) is 0 Å². The second-order valence-corrected chi connectivity index (χ2v) is 3.68. The second kappa shape index (κ2) is 4.63. The van der Waals surface area contributed by atoms with E-state index in [4.69, 9.17) is 5.73 Å². The van der Waals surface area contributed by atoms with Crippen molar-refractivity contribution in [3.05, 3.63) is 31.1 Å². The summed E-state index contributed by atoms with van der Waals surface area (Å²) in [6.07, 6.45) is -2.95. The quantitative estimate of drug-likeness (QED) is 0.390. The smallest absolute Gasteiger partial charge is 0.286 e. The number of alkyl halides is 2. The first-order chi connectivity index (χ1) is 7.34. The maximum Gasteiger partial charge on any atom is 0.286 e. The Hall–Kier alpha value is -1.39. The summed E-state index contributed by atoms with van der Waals surface area (Å²) >= 11 is 1.44. The molecule has 9 heteroatoms. The standard InChI is InChI=1S/C7H4F2IN3O3/c8-5(9)2-1-3(13(15)16)4(7(11)14)6(10)12-2/h1,5H,(H2,11,14). The Kier molecular flexibility index (Phi) is 3.67. The van der Waals surface area contributed by atoms with Gasteiger partial charge in [0, 0.05) is 6.07 Å². The summed E-state index contributed by atoms with van der Waals surface area (Å²) < 4.78 is 24.4. The van der Waals surface area contributed by atoms with Gasteiger partial charge in [-0.1, -0.05) is 0 Å². The van der Waals surface area contributed by atoms with Crippen LogP contribution in [-0.4, -0.2) is 15.8 Å². The van der Waals surface area contributed by atoms with Crippen molar-refractivity contribution in [1.82, 2.24) is 4.98 Å². The molecule has 0 aliphatic carbocycles. The van der Waals surface area contributed by atoms with Crippen molar-refractivity contribution >= 4 is 34.2 Å². The third kappa shape index (κ3) is 2.40. The summed E-state index contributed by atoms with van der Waals surface area (Å²) in [4.78, 5) is 23.9. The molecule has 0 aromatic carbocycles. The highest BCUT2D eigenvalue weighted by Crippen LogP contribution is 2.27. The number of carbonyl (C=O) groups excluding carboxylic acids is 1. The zero-order valence-electron chi connectivity index (χ0n) is 7.49. The van der Waals surface area contributed by atoms with Crippen molar-refractivity contribution in [3.63, 3.8) is 0 Å². The molecule has 1 amide bonds. The lowest BCUT2D eigenvalue weighted by atomic mass is 10.2.